The number of hydrogen-bond acceptors (Lipinski definition) is 5. The maximum Gasteiger partial charge on any atom is 0.433 e. The van der Waals surface area contributed by atoms with E-state index in [1.54, 1.807) is 0 Å². The van der Waals surface area contributed by atoms with E-state index < -0.39 is 23.8 Å². The molecule has 0 fully saturated rings. The second-order valence-electron chi connectivity index (χ2n) is 7.06. The van der Waals surface area contributed by atoms with E-state index >= 15 is 0 Å². The maximum atomic E-state index is 13.5. The number of carbonyl (C=O) groups is 1. The first kappa shape index (κ1) is 19.5. The fourth-order valence-corrected chi connectivity index (χ4v) is 4.04. The molecule has 4 aromatic heterocycles. The number of hydrogen-bond donors (Lipinski definition) is 1. The van der Waals surface area contributed by atoms with Crippen molar-refractivity contribution >= 4 is 23.0 Å². The normalized spacial score (nSPS) is 16.7. The minimum atomic E-state index is -4.59. The molecule has 1 aliphatic rings. The molecular formula is C18H14ClF3N8O. The smallest absolute Gasteiger partial charge is 0.348 e. The third-order valence-corrected chi connectivity index (χ3v) is 5.35. The average molecular weight is 451 g/mol. The lowest BCUT2D eigenvalue weighted by Crippen LogP contribution is -2.42. The Morgan fingerprint density at radius 3 is 2.81 bits per heavy atom. The van der Waals surface area contributed by atoms with Gasteiger partial charge >= 0.3 is 6.18 Å². The zero-order chi connectivity index (χ0) is 21.9. The van der Waals surface area contributed by atoms with Gasteiger partial charge in [-0.25, -0.2) is 14.2 Å². The van der Waals surface area contributed by atoms with Gasteiger partial charge in [0.25, 0.3) is 5.91 Å². The molecule has 31 heavy (non-hydrogen) atoms. The predicted molar refractivity (Wildman–Crippen MR) is 101 cm³/mol. The maximum absolute atomic E-state index is 13.5. The number of aromatic nitrogens is 7. The first-order valence-electron chi connectivity index (χ1n) is 9.19. The van der Waals surface area contributed by atoms with E-state index in [4.69, 9.17) is 11.6 Å². The van der Waals surface area contributed by atoms with Crippen LogP contribution in [0.3, 0.4) is 0 Å². The monoisotopic (exact) mass is 450 g/mol. The molecule has 0 saturated carbocycles. The number of alkyl halides is 3. The van der Waals surface area contributed by atoms with Crippen molar-refractivity contribution in [2.45, 2.75) is 18.6 Å². The molecule has 0 radical (unpaired) electrons. The molecule has 1 amide bonds. The van der Waals surface area contributed by atoms with Crippen LogP contribution < -0.4 is 0 Å². The lowest BCUT2D eigenvalue weighted by Gasteiger charge is -2.33. The van der Waals surface area contributed by atoms with Gasteiger partial charge in [-0.2, -0.15) is 23.3 Å². The van der Waals surface area contributed by atoms with Crippen LogP contribution in [0.25, 0.3) is 5.52 Å². The zero-order valence-corrected chi connectivity index (χ0v) is 16.7. The third kappa shape index (κ3) is 3.14. The molecule has 9 nitrogen and oxygen atoms in total. The minimum Gasteiger partial charge on any atom is -0.348 e. The number of H-pyrrole nitrogens is 1. The summed E-state index contributed by atoms with van der Waals surface area (Å²) in [6.45, 7) is 0.281. The van der Waals surface area contributed by atoms with Crippen molar-refractivity contribution in [1.29, 1.82) is 0 Å². The fourth-order valence-electron chi connectivity index (χ4n) is 3.85. The van der Waals surface area contributed by atoms with Gasteiger partial charge in [0.2, 0.25) is 11.1 Å². The number of amides is 1. The summed E-state index contributed by atoms with van der Waals surface area (Å²) in [6.07, 6.45) is -2.61. The van der Waals surface area contributed by atoms with Crippen molar-refractivity contribution in [3.05, 3.63) is 64.5 Å². The van der Waals surface area contributed by atoms with Crippen LogP contribution in [0.2, 0.25) is 5.28 Å². The molecule has 5 rings (SSSR count). The summed E-state index contributed by atoms with van der Waals surface area (Å²) in [5.74, 6) is -0.470. The van der Waals surface area contributed by atoms with E-state index in [0.29, 0.717) is 12.1 Å². The largest absolute Gasteiger partial charge is 0.433 e. The summed E-state index contributed by atoms with van der Waals surface area (Å²) >= 11 is 5.83. The van der Waals surface area contributed by atoms with Gasteiger partial charge in [0.05, 0.1) is 23.2 Å². The summed E-state index contributed by atoms with van der Waals surface area (Å²) in [7, 11) is 1.53. The highest BCUT2D eigenvalue weighted by molar-refractivity contribution is 6.28. The summed E-state index contributed by atoms with van der Waals surface area (Å²) in [6, 6.07) is 4.51. The Balaban J connectivity index is 1.66. The number of nitrogens with one attached hydrogen (secondary N) is 1. The molecule has 160 valence electrons. The van der Waals surface area contributed by atoms with E-state index in [-0.39, 0.29) is 28.9 Å². The van der Waals surface area contributed by atoms with Gasteiger partial charge in [-0.3, -0.25) is 4.79 Å². The SMILES string of the molecule is Cn1nc(Cl)nc1C(=O)N1CCc2[nH]cnc2C1c1cc2cccc(C(F)(F)F)n2n1. The quantitative estimate of drug-likeness (QED) is 0.506. The summed E-state index contributed by atoms with van der Waals surface area (Å²) in [5.41, 5.74) is 0.906. The Kier molecular flexibility index (Phi) is 4.29. The molecule has 1 N–H and O–H groups in total. The molecule has 0 aliphatic carbocycles. The molecule has 13 heteroatoms. The van der Waals surface area contributed by atoms with Crippen molar-refractivity contribution in [2.24, 2.45) is 7.05 Å². The van der Waals surface area contributed by atoms with Crippen LogP contribution in [0.1, 0.15) is 39.4 Å². The molecule has 4 aromatic rings. The minimum absolute atomic E-state index is 0.00808. The molecule has 1 unspecified atom stereocenters. The summed E-state index contributed by atoms with van der Waals surface area (Å²) in [4.78, 5) is 26.1. The number of fused-ring (bicyclic) bond motifs is 2. The van der Waals surface area contributed by atoms with Crippen molar-refractivity contribution in [3.8, 4) is 0 Å². The number of nitrogens with zero attached hydrogens (tertiary/aromatic N) is 7. The Bertz CT molecular complexity index is 1310. The molecule has 0 aromatic carbocycles. The average Bonchev–Trinajstić information content (AvgIpc) is 3.42. The van der Waals surface area contributed by atoms with Crippen LogP contribution in [0.4, 0.5) is 13.2 Å². The Morgan fingerprint density at radius 2 is 2.10 bits per heavy atom. The van der Waals surface area contributed by atoms with E-state index in [1.807, 2.05) is 0 Å². The van der Waals surface area contributed by atoms with Crippen molar-refractivity contribution in [1.82, 2.24) is 39.2 Å². The molecule has 1 aliphatic heterocycles. The summed E-state index contributed by atoms with van der Waals surface area (Å²) in [5, 5.41) is 8.02. The van der Waals surface area contributed by atoms with Crippen LogP contribution in [0, 0.1) is 0 Å². The van der Waals surface area contributed by atoms with Gasteiger partial charge in [0.1, 0.15) is 11.7 Å². The zero-order valence-electron chi connectivity index (χ0n) is 15.9. The van der Waals surface area contributed by atoms with E-state index in [9.17, 15) is 18.0 Å². The number of halogens is 4. The van der Waals surface area contributed by atoms with Crippen molar-refractivity contribution in [3.63, 3.8) is 0 Å². The highest BCUT2D eigenvalue weighted by atomic mass is 35.5. The molecular weight excluding hydrogens is 437 g/mol. The van der Waals surface area contributed by atoms with Gasteiger partial charge in [0, 0.05) is 25.7 Å². The van der Waals surface area contributed by atoms with Crippen LogP contribution >= 0.6 is 11.6 Å². The first-order chi connectivity index (χ1) is 14.7. The first-order valence-corrected chi connectivity index (χ1v) is 9.57. The van der Waals surface area contributed by atoms with Crippen molar-refractivity contribution < 1.29 is 18.0 Å². The highest BCUT2D eigenvalue weighted by Gasteiger charge is 2.39. The van der Waals surface area contributed by atoms with Gasteiger partial charge < -0.3 is 9.88 Å². The Hall–Kier alpha value is -3.41. The Labute approximate surface area is 177 Å². The number of rotatable bonds is 2. The number of carbonyl (C=O) groups excluding carboxylic acids is 1. The lowest BCUT2D eigenvalue weighted by atomic mass is 9.99. The molecule has 5 heterocycles. The number of aromatic amines is 1. The molecule has 1 atom stereocenters. The second kappa shape index (κ2) is 6.80. The van der Waals surface area contributed by atoms with Crippen LogP contribution in [-0.4, -0.2) is 51.7 Å². The topological polar surface area (TPSA) is 97.0 Å². The molecule has 0 saturated heterocycles. The van der Waals surface area contributed by atoms with Gasteiger partial charge in [0.15, 0.2) is 0 Å². The van der Waals surface area contributed by atoms with Gasteiger partial charge in [-0.05, 0) is 29.8 Å². The molecule has 0 bridgehead atoms. The standard InChI is InChI=1S/C18H14ClF3N8O/c1-28-15(25-17(19)27-28)16(31)29-6-5-10-13(24-8-23-10)14(29)11-7-9-3-2-4-12(18(20,21)22)30(9)26-11/h2-4,7-8,14H,5-6H2,1H3,(H,23,24). The van der Waals surface area contributed by atoms with Crippen LogP contribution in [0.5, 0.6) is 0 Å². The summed E-state index contributed by atoms with van der Waals surface area (Å²) < 4.78 is 42.5. The molecule has 0 spiro atoms. The Morgan fingerprint density at radius 1 is 1.29 bits per heavy atom. The highest BCUT2D eigenvalue weighted by Crippen LogP contribution is 2.36. The lowest BCUT2D eigenvalue weighted by molar-refractivity contribution is -0.142. The number of pyridine rings is 1. The van der Waals surface area contributed by atoms with Crippen LogP contribution in [0.15, 0.2) is 30.6 Å². The van der Waals surface area contributed by atoms with E-state index in [1.165, 1.54) is 41.2 Å². The van der Waals surface area contributed by atoms with E-state index in [0.717, 1.165) is 16.3 Å². The fraction of sp³-hybridized carbons (Fsp3) is 0.278. The van der Waals surface area contributed by atoms with Crippen molar-refractivity contribution in [2.75, 3.05) is 6.54 Å². The van der Waals surface area contributed by atoms with Gasteiger partial charge in [-0.1, -0.05) is 6.07 Å². The van der Waals surface area contributed by atoms with Crippen LogP contribution in [-0.2, 0) is 19.6 Å². The predicted octanol–water partition coefficient (Wildman–Crippen LogP) is 2.65. The number of aryl methyl sites for hydroxylation is 1. The number of imidazole rings is 1. The van der Waals surface area contributed by atoms with Gasteiger partial charge in [-0.15, -0.1) is 5.10 Å². The second-order valence-corrected chi connectivity index (χ2v) is 7.40. The van der Waals surface area contributed by atoms with E-state index in [2.05, 4.69) is 25.1 Å². The third-order valence-electron chi connectivity index (χ3n) is 5.19.